The molecule has 0 aliphatic carbocycles. The maximum Gasteiger partial charge on any atom is 0.220 e. The molecule has 0 bridgehead atoms. The molecule has 24 heavy (non-hydrogen) atoms. The maximum absolute atomic E-state index is 12.4. The average molecular weight is 324 g/mol. The number of aryl methyl sites for hydroxylation is 2. The Hall–Kier alpha value is -2.56. The van der Waals surface area contributed by atoms with Gasteiger partial charge in [-0.15, -0.1) is 0 Å². The molecular weight excluding hydrogens is 300 g/mol. The first-order valence-corrected chi connectivity index (χ1v) is 8.43. The van der Waals surface area contributed by atoms with E-state index in [0.717, 1.165) is 28.9 Å². The quantitative estimate of drug-likeness (QED) is 0.646. The van der Waals surface area contributed by atoms with Crippen molar-refractivity contribution in [3.8, 4) is 0 Å². The Labute approximate surface area is 141 Å². The SMILES string of the molecule is CCC(CC(=O)NCc1c(C)n[nH]c1C)c1c[nH]c2ccccc12. The number of aromatic nitrogens is 3. The van der Waals surface area contributed by atoms with Gasteiger partial charge in [-0.3, -0.25) is 9.89 Å². The predicted octanol–water partition coefficient (Wildman–Crippen LogP) is 3.71. The van der Waals surface area contributed by atoms with Crippen molar-refractivity contribution in [1.82, 2.24) is 20.5 Å². The second-order valence-corrected chi connectivity index (χ2v) is 6.29. The van der Waals surface area contributed by atoms with E-state index in [1.54, 1.807) is 0 Å². The molecule has 1 amide bonds. The van der Waals surface area contributed by atoms with E-state index in [1.165, 1.54) is 10.9 Å². The number of amides is 1. The Kier molecular flexibility index (Phi) is 4.69. The lowest BCUT2D eigenvalue weighted by molar-refractivity contribution is -0.121. The van der Waals surface area contributed by atoms with E-state index in [0.29, 0.717) is 13.0 Å². The largest absolute Gasteiger partial charge is 0.361 e. The van der Waals surface area contributed by atoms with Crippen molar-refractivity contribution in [2.75, 3.05) is 0 Å². The standard InChI is InChI=1S/C19H24N4O/c1-4-14(17-11-20-18-8-6-5-7-15(17)18)9-19(24)21-10-16-12(2)22-23-13(16)3/h5-8,11,14,20H,4,9-10H2,1-3H3,(H,21,24)(H,22,23). The summed E-state index contributed by atoms with van der Waals surface area (Å²) in [5, 5.41) is 11.4. The lowest BCUT2D eigenvalue weighted by Crippen LogP contribution is -2.25. The number of benzene rings is 1. The van der Waals surface area contributed by atoms with Crippen LogP contribution in [0.25, 0.3) is 10.9 Å². The molecule has 1 unspecified atom stereocenters. The molecule has 5 nitrogen and oxygen atoms in total. The molecule has 3 rings (SSSR count). The van der Waals surface area contributed by atoms with E-state index in [2.05, 4.69) is 39.6 Å². The van der Waals surface area contributed by atoms with Gasteiger partial charge in [-0.05, 0) is 37.8 Å². The molecule has 1 aromatic carbocycles. The summed E-state index contributed by atoms with van der Waals surface area (Å²) in [4.78, 5) is 15.7. The first-order chi connectivity index (χ1) is 11.6. The minimum absolute atomic E-state index is 0.0760. The van der Waals surface area contributed by atoms with Gasteiger partial charge in [0.05, 0.1) is 5.69 Å². The monoisotopic (exact) mass is 324 g/mol. The fourth-order valence-corrected chi connectivity index (χ4v) is 3.22. The predicted molar refractivity (Wildman–Crippen MR) is 95.9 cm³/mol. The number of hydrogen-bond donors (Lipinski definition) is 3. The number of nitrogens with zero attached hydrogens (tertiary/aromatic N) is 1. The summed E-state index contributed by atoms with van der Waals surface area (Å²) < 4.78 is 0. The van der Waals surface area contributed by atoms with Gasteiger partial charge in [-0.1, -0.05) is 25.1 Å². The summed E-state index contributed by atoms with van der Waals surface area (Å²) in [6.45, 7) is 6.58. The average Bonchev–Trinajstić information content (AvgIpc) is 3.15. The summed E-state index contributed by atoms with van der Waals surface area (Å²) >= 11 is 0. The van der Waals surface area contributed by atoms with Crippen LogP contribution in [0.5, 0.6) is 0 Å². The van der Waals surface area contributed by atoms with Crippen molar-refractivity contribution >= 4 is 16.8 Å². The molecule has 0 radical (unpaired) electrons. The normalized spacial score (nSPS) is 12.5. The van der Waals surface area contributed by atoms with Crippen LogP contribution in [0.4, 0.5) is 0 Å². The molecule has 0 aliphatic rings. The molecule has 1 atom stereocenters. The van der Waals surface area contributed by atoms with Crippen LogP contribution >= 0.6 is 0 Å². The topological polar surface area (TPSA) is 73.6 Å². The van der Waals surface area contributed by atoms with E-state index in [-0.39, 0.29) is 11.8 Å². The molecule has 2 heterocycles. The number of fused-ring (bicyclic) bond motifs is 1. The first kappa shape index (κ1) is 16.3. The smallest absolute Gasteiger partial charge is 0.220 e. The van der Waals surface area contributed by atoms with Gasteiger partial charge in [0.2, 0.25) is 5.91 Å². The number of para-hydroxylation sites is 1. The van der Waals surface area contributed by atoms with Crippen LogP contribution in [0.3, 0.4) is 0 Å². The van der Waals surface area contributed by atoms with Crippen LogP contribution in [-0.2, 0) is 11.3 Å². The zero-order valence-electron chi connectivity index (χ0n) is 14.4. The van der Waals surface area contributed by atoms with E-state index in [4.69, 9.17) is 0 Å². The number of hydrogen-bond acceptors (Lipinski definition) is 2. The van der Waals surface area contributed by atoms with Crippen molar-refractivity contribution in [2.24, 2.45) is 0 Å². The Bertz CT molecular complexity index is 827. The highest BCUT2D eigenvalue weighted by Crippen LogP contribution is 2.30. The minimum atomic E-state index is 0.0760. The number of aromatic amines is 2. The Morgan fingerprint density at radius 1 is 1.29 bits per heavy atom. The van der Waals surface area contributed by atoms with Gasteiger partial charge in [0.1, 0.15) is 0 Å². The Morgan fingerprint density at radius 3 is 2.79 bits per heavy atom. The summed E-state index contributed by atoms with van der Waals surface area (Å²) in [5.41, 5.74) is 5.37. The molecule has 0 aliphatic heterocycles. The summed E-state index contributed by atoms with van der Waals surface area (Å²) in [6.07, 6.45) is 3.46. The van der Waals surface area contributed by atoms with Crippen LogP contribution in [0.2, 0.25) is 0 Å². The van der Waals surface area contributed by atoms with Gasteiger partial charge in [-0.25, -0.2) is 0 Å². The number of rotatable bonds is 6. The van der Waals surface area contributed by atoms with Crippen LogP contribution in [0.1, 0.15) is 48.2 Å². The molecule has 3 aromatic rings. The van der Waals surface area contributed by atoms with Crippen LogP contribution in [0.15, 0.2) is 30.5 Å². The first-order valence-electron chi connectivity index (χ1n) is 8.43. The number of nitrogens with one attached hydrogen (secondary N) is 3. The lowest BCUT2D eigenvalue weighted by Gasteiger charge is -2.14. The van der Waals surface area contributed by atoms with Gasteiger partial charge in [0, 0.05) is 41.3 Å². The van der Waals surface area contributed by atoms with E-state index >= 15 is 0 Å². The maximum atomic E-state index is 12.4. The summed E-state index contributed by atoms with van der Waals surface area (Å²) in [7, 11) is 0. The Balaban J connectivity index is 1.68. The molecule has 126 valence electrons. The van der Waals surface area contributed by atoms with Gasteiger partial charge in [0.25, 0.3) is 0 Å². The molecule has 5 heteroatoms. The van der Waals surface area contributed by atoms with E-state index in [1.807, 2.05) is 32.2 Å². The third-order valence-electron chi connectivity index (χ3n) is 4.73. The van der Waals surface area contributed by atoms with E-state index < -0.39 is 0 Å². The number of carbonyl (C=O) groups excluding carboxylic acids is 1. The minimum Gasteiger partial charge on any atom is -0.361 e. The van der Waals surface area contributed by atoms with E-state index in [9.17, 15) is 4.79 Å². The fourth-order valence-electron chi connectivity index (χ4n) is 3.22. The van der Waals surface area contributed by atoms with Gasteiger partial charge >= 0.3 is 0 Å². The highest BCUT2D eigenvalue weighted by atomic mass is 16.1. The second kappa shape index (κ2) is 6.91. The van der Waals surface area contributed by atoms with Crippen molar-refractivity contribution in [2.45, 2.75) is 46.1 Å². The Morgan fingerprint density at radius 2 is 2.08 bits per heavy atom. The second-order valence-electron chi connectivity index (χ2n) is 6.29. The molecule has 0 fully saturated rings. The molecule has 0 saturated carbocycles. The zero-order chi connectivity index (χ0) is 17.1. The molecule has 0 spiro atoms. The number of carbonyl (C=O) groups is 1. The number of H-pyrrole nitrogens is 2. The van der Waals surface area contributed by atoms with Crippen LogP contribution in [-0.4, -0.2) is 21.1 Å². The van der Waals surface area contributed by atoms with Gasteiger partial charge in [0.15, 0.2) is 0 Å². The summed E-state index contributed by atoms with van der Waals surface area (Å²) in [5.74, 6) is 0.292. The third-order valence-corrected chi connectivity index (χ3v) is 4.73. The molecular formula is C19H24N4O. The summed E-state index contributed by atoms with van der Waals surface area (Å²) in [6, 6.07) is 8.23. The van der Waals surface area contributed by atoms with Gasteiger partial charge in [-0.2, -0.15) is 5.10 Å². The third kappa shape index (κ3) is 3.20. The van der Waals surface area contributed by atoms with Crippen molar-refractivity contribution < 1.29 is 4.79 Å². The fraction of sp³-hybridized carbons (Fsp3) is 0.368. The highest BCUT2D eigenvalue weighted by molar-refractivity contribution is 5.85. The van der Waals surface area contributed by atoms with Gasteiger partial charge < -0.3 is 10.3 Å². The zero-order valence-corrected chi connectivity index (χ0v) is 14.4. The highest BCUT2D eigenvalue weighted by Gasteiger charge is 2.18. The van der Waals surface area contributed by atoms with Crippen LogP contribution < -0.4 is 5.32 Å². The van der Waals surface area contributed by atoms with Crippen molar-refractivity contribution in [3.05, 3.63) is 53.0 Å². The molecule has 0 saturated heterocycles. The van der Waals surface area contributed by atoms with Crippen LogP contribution in [0, 0.1) is 13.8 Å². The van der Waals surface area contributed by atoms with Crippen molar-refractivity contribution in [3.63, 3.8) is 0 Å². The molecule has 2 aromatic heterocycles. The van der Waals surface area contributed by atoms with Crippen molar-refractivity contribution in [1.29, 1.82) is 0 Å². The molecule has 3 N–H and O–H groups in total. The lowest BCUT2D eigenvalue weighted by atomic mass is 9.92.